The molecule has 3 aromatic rings. The lowest BCUT2D eigenvalue weighted by Crippen LogP contribution is -2.24. The Hall–Kier alpha value is -3.95. The van der Waals surface area contributed by atoms with Crippen molar-refractivity contribution in [2.45, 2.75) is 12.3 Å². The van der Waals surface area contributed by atoms with E-state index in [-0.39, 0.29) is 18.2 Å². The first kappa shape index (κ1) is 22.3. The van der Waals surface area contributed by atoms with Crippen LogP contribution in [0.15, 0.2) is 34.9 Å². The second-order valence-corrected chi connectivity index (χ2v) is 7.31. The molecule has 1 atom stereocenters. The fraction of sp³-hybridized carbons (Fsp3) is 0.348. The van der Waals surface area contributed by atoms with Crippen LogP contribution in [-0.4, -0.2) is 58.1 Å². The van der Waals surface area contributed by atoms with Gasteiger partial charge in [0.15, 0.2) is 23.0 Å². The van der Waals surface area contributed by atoms with Crippen molar-refractivity contribution in [1.82, 2.24) is 10.1 Å². The smallest absolute Gasteiger partial charge is 0.232 e. The number of benzene rings is 2. The summed E-state index contributed by atoms with van der Waals surface area (Å²) in [5.41, 5.74) is 1.35. The molecule has 1 saturated heterocycles. The molecule has 1 unspecified atom stereocenters. The number of anilines is 1. The molecule has 1 aromatic heterocycles. The minimum Gasteiger partial charge on any atom is -0.493 e. The first-order chi connectivity index (χ1) is 16.0. The molecule has 0 spiro atoms. The lowest BCUT2D eigenvalue weighted by molar-refractivity contribution is -0.117. The van der Waals surface area contributed by atoms with E-state index in [0.717, 1.165) is 0 Å². The van der Waals surface area contributed by atoms with E-state index in [2.05, 4.69) is 10.1 Å². The second-order valence-electron chi connectivity index (χ2n) is 7.31. The van der Waals surface area contributed by atoms with Crippen molar-refractivity contribution in [1.29, 1.82) is 0 Å². The van der Waals surface area contributed by atoms with Gasteiger partial charge in [-0.3, -0.25) is 4.79 Å². The minimum atomic E-state index is -0.252. The maximum Gasteiger partial charge on any atom is 0.232 e. The Kier molecular flexibility index (Phi) is 6.25. The summed E-state index contributed by atoms with van der Waals surface area (Å²) in [6.45, 7) is 0.380. The van der Waals surface area contributed by atoms with Crippen LogP contribution in [0.2, 0.25) is 0 Å². The third-order valence-electron chi connectivity index (χ3n) is 5.52. The van der Waals surface area contributed by atoms with Crippen LogP contribution in [0.5, 0.6) is 28.7 Å². The number of amides is 1. The third kappa shape index (κ3) is 4.11. The summed E-state index contributed by atoms with van der Waals surface area (Å²) >= 11 is 0. The van der Waals surface area contributed by atoms with Gasteiger partial charge in [-0.2, -0.15) is 4.98 Å². The van der Waals surface area contributed by atoms with Gasteiger partial charge in [-0.25, -0.2) is 0 Å². The summed E-state index contributed by atoms with van der Waals surface area (Å²) in [5, 5.41) is 4.09. The maximum absolute atomic E-state index is 12.8. The monoisotopic (exact) mass is 455 g/mol. The highest BCUT2D eigenvalue weighted by molar-refractivity contribution is 5.97. The summed E-state index contributed by atoms with van der Waals surface area (Å²) in [7, 11) is 7.72. The van der Waals surface area contributed by atoms with Gasteiger partial charge in [-0.15, -0.1) is 0 Å². The van der Waals surface area contributed by atoms with Crippen LogP contribution in [0.4, 0.5) is 5.69 Å². The van der Waals surface area contributed by atoms with Gasteiger partial charge >= 0.3 is 0 Å². The Balaban J connectivity index is 1.58. The quantitative estimate of drug-likeness (QED) is 0.506. The predicted molar refractivity (Wildman–Crippen MR) is 119 cm³/mol. The number of carbonyl (C=O) groups excluding carboxylic acids is 1. The number of methoxy groups -OCH3 is 5. The maximum atomic E-state index is 12.8. The molecule has 2 heterocycles. The van der Waals surface area contributed by atoms with Gasteiger partial charge in [-0.05, 0) is 18.2 Å². The van der Waals surface area contributed by atoms with Crippen LogP contribution in [0.1, 0.15) is 18.2 Å². The molecular formula is C23H25N3O7. The highest BCUT2D eigenvalue weighted by Crippen LogP contribution is 2.43. The molecule has 4 rings (SSSR count). The van der Waals surface area contributed by atoms with E-state index in [1.807, 2.05) is 6.07 Å². The number of hydrogen-bond donors (Lipinski definition) is 0. The van der Waals surface area contributed by atoms with E-state index in [9.17, 15) is 4.79 Å². The van der Waals surface area contributed by atoms with Crippen molar-refractivity contribution in [3.63, 3.8) is 0 Å². The van der Waals surface area contributed by atoms with Gasteiger partial charge in [0.05, 0.1) is 47.2 Å². The predicted octanol–water partition coefficient (Wildman–Crippen LogP) is 3.30. The van der Waals surface area contributed by atoms with Gasteiger partial charge in [0.1, 0.15) is 0 Å². The number of hydrogen-bond acceptors (Lipinski definition) is 9. The zero-order chi connectivity index (χ0) is 23.5. The number of rotatable bonds is 8. The normalized spacial score (nSPS) is 15.5. The Labute approximate surface area is 190 Å². The van der Waals surface area contributed by atoms with Crippen LogP contribution < -0.4 is 28.6 Å². The van der Waals surface area contributed by atoms with Crippen molar-refractivity contribution in [3.8, 4) is 40.1 Å². The molecule has 174 valence electrons. The number of carbonyl (C=O) groups is 1. The standard InChI is InChI=1S/C23H25N3O7/c1-28-16-7-6-13(8-17(16)29-2)22-24-23(33-25-22)14-9-20(27)26(12-14)15-10-18(30-3)21(32-5)19(11-15)31-4/h6-8,10-11,14H,9,12H2,1-5H3. The van der Waals surface area contributed by atoms with Gasteiger partial charge in [-0.1, -0.05) is 5.16 Å². The third-order valence-corrected chi connectivity index (χ3v) is 5.52. The van der Waals surface area contributed by atoms with Crippen LogP contribution in [-0.2, 0) is 4.79 Å². The molecule has 10 heteroatoms. The average Bonchev–Trinajstić information content (AvgIpc) is 3.49. The first-order valence-corrected chi connectivity index (χ1v) is 10.2. The van der Waals surface area contributed by atoms with Gasteiger partial charge in [0.25, 0.3) is 0 Å². The minimum absolute atomic E-state index is 0.0693. The molecule has 1 aliphatic heterocycles. The molecular weight excluding hydrogens is 430 g/mol. The van der Waals surface area contributed by atoms with E-state index in [0.29, 0.717) is 58.3 Å². The Bertz CT molecular complexity index is 1140. The fourth-order valence-corrected chi connectivity index (χ4v) is 3.84. The van der Waals surface area contributed by atoms with Gasteiger partial charge < -0.3 is 33.1 Å². The summed E-state index contributed by atoms with van der Waals surface area (Å²) in [4.78, 5) is 19.0. The van der Waals surface area contributed by atoms with E-state index in [4.69, 9.17) is 28.2 Å². The average molecular weight is 455 g/mol. The second kappa shape index (κ2) is 9.27. The highest BCUT2D eigenvalue weighted by atomic mass is 16.5. The lowest BCUT2D eigenvalue weighted by atomic mass is 10.1. The van der Waals surface area contributed by atoms with Crippen molar-refractivity contribution >= 4 is 11.6 Å². The van der Waals surface area contributed by atoms with Gasteiger partial charge in [0, 0.05) is 30.7 Å². The zero-order valence-corrected chi connectivity index (χ0v) is 19.1. The molecule has 1 aliphatic rings. The van der Waals surface area contributed by atoms with Crippen molar-refractivity contribution in [2.75, 3.05) is 47.0 Å². The number of nitrogens with zero attached hydrogens (tertiary/aromatic N) is 3. The molecule has 0 N–H and O–H groups in total. The topological polar surface area (TPSA) is 105 Å². The number of ether oxygens (including phenoxy) is 5. The molecule has 0 bridgehead atoms. The zero-order valence-electron chi connectivity index (χ0n) is 19.1. The highest BCUT2D eigenvalue weighted by Gasteiger charge is 2.36. The summed E-state index contributed by atoms with van der Waals surface area (Å²) in [5.74, 6) is 3.04. The van der Waals surface area contributed by atoms with E-state index in [1.165, 1.54) is 21.3 Å². The molecule has 0 saturated carbocycles. The summed E-state index contributed by atoms with van der Waals surface area (Å²) in [6, 6.07) is 8.85. The van der Waals surface area contributed by atoms with E-state index >= 15 is 0 Å². The Morgan fingerprint density at radius 1 is 0.879 bits per heavy atom. The van der Waals surface area contributed by atoms with Crippen LogP contribution in [0.3, 0.4) is 0 Å². The summed E-state index contributed by atoms with van der Waals surface area (Å²) < 4.78 is 32.3. The Morgan fingerprint density at radius 2 is 1.55 bits per heavy atom. The fourth-order valence-electron chi connectivity index (χ4n) is 3.84. The van der Waals surface area contributed by atoms with Crippen LogP contribution >= 0.6 is 0 Å². The molecule has 1 amide bonds. The van der Waals surface area contributed by atoms with Crippen molar-refractivity contribution in [3.05, 3.63) is 36.2 Å². The van der Waals surface area contributed by atoms with Crippen molar-refractivity contribution in [2.24, 2.45) is 0 Å². The lowest BCUT2D eigenvalue weighted by Gasteiger charge is -2.20. The van der Waals surface area contributed by atoms with Crippen molar-refractivity contribution < 1.29 is 33.0 Å². The molecule has 1 fully saturated rings. The molecule has 0 aliphatic carbocycles. The summed E-state index contributed by atoms with van der Waals surface area (Å²) in [6.07, 6.45) is 0.240. The van der Waals surface area contributed by atoms with Gasteiger partial charge in [0.2, 0.25) is 23.4 Å². The van der Waals surface area contributed by atoms with Crippen LogP contribution in [0, 0.1) is 0 Å². The van der Waals surface area contributed by atoms with E-state index in [1.54, 1.807) is 43.4 Å². The first-order valence-electron chi connectivity index (χ1n) is 10.2. The van der Waals surface area contributed by atoms with Crippen LogP contribution in [0.25, 0.3) is 11.4 Å². The molecule has 0 radical (unpaired) electrons. The molecule has 2 aromatic carbocycles. The Morgan fingerprint density at radius 3 is 2.15 bits per heavy atom. The number of aromatic nitrogens is 2. The molecule has 10 nitrogen and oxygen atoms in total. The van der Waals surface area contributed by atoms with E-state index < -0.39 is 0 Å². The molecule has 33 heavy (non-hydrogen) atoms. The SMILES string of the molecule is COc1ccc(-c2noc(C3CC(=O)N(c4cc(OC)c(OC)c(OC)c4)C3)n2)cc1OC. The largest absolute Gasteiger partial charge is 0.493 e.